The van der Waals surface area contributed by atoms with E-state index in [4.69, 9.17) is 11.6 Å². The number of rotatable bonds is 1. The lowest BCUT2D eigenvalue weighted by Crippen LogP contribution is -1.97. The van der Waals surface area contributed by atoms with Crippen molar-refractivity contribution < 1.29 is 4.39 Å². The Balaban J connectivity index is 2.64. The maximum absolute atomic E-state index is 13.4. The van der Waals surface area contributed by atoms with E-state index in [0.717, 1.165) is 22.3 Å². The van der Waals surface area contributed by atoms with E-state index in [1.165, 1.54) is 12.1 Å². The highest BCUT2D eigenvalue weighted by Gasteiger charge is 2.11. The van der Waals surface area contributed by atoms with Crippen LogP contribution in [-0.4, -0.2) is 10.2 Å². The molecule has 0 saturated carbocycles. The molecule has 88 valence electrons. The standard InChI is InChI=1S/C13H12ClFN2/c1-7-4-10(6-11(15)5-7)12-8(2)9(3)13(14)17-16-12/h4-6H,1-3H3. The summed E-state index contributed by atoms with van der Waals surface area (Å²) in [5, 5.41) is 8.30. The van der Waals surface area contributed by atoms with Crippen molar-refractivity contribution in [3.63, 3.8) is 0 Å². The molecule has 0 saturated heterocycles. The second-order valence-electron chi connectivity index (χ2n) is 4.11. The molecule has 0 unspecified atom stereocenters. The fourth-order valence-corrected chi connectivity index (χ4v) is 1.90. The summed E-state index contributed by atoms with van der Waals surface area (Å²) in [7, 11) is 0. The Labute approximate surface area is 104 Å². The molecule has 0 aliphatic heterocycles. The third-order valence-electron chi connectivity index (χ3n) is 2.78. The summed E-state index contributed by atoms with van der Waals surface area (Å²) in [6.07, 6.45) is 0. The maximum atomic E-state index is 13.4. The van der Waals surface area contributed by atoms with Crippen LogP contribution in [0.2, 0.25) is 5.15 Å². The Bertz CT molecular complexity index is 562. The maximum Gasteiger partial charge on any atom is 0.154 e. The molecule has 0 fully saturated rings. The van der Waals surface area contributed by atoms with E-state index in [1.54, 1.807) is 0 Å². The van der Waals surface area contributed by atoms with E-state index in [9.17, 15) is 4.39 Å². The zero-order valence-electron chi connectivity index (χ0n) is 9.88. The molecule has 0 radical (unpaired) electrons. The monoisotopic (exact) mass is 250 g/mol. The number of aromatic nitrogens is 2. The summed E-state index contributed by atoms with van der Waals surface area (Å²) in [5.74, 6) is -0.270. The summed E-state index contributed by atoms with van der Waals surface area (Å²) in [4.78, 5) is 0. The van der Waals surface area contributed by atoms with Crippen molar-refractivity contribution in [1.82, 2.24) is 10.2 Å². The summed E-state index contributed by atoms with van der Waals surface area (Å²) < 4.78 is 13.4. The Morgan fingerprint density at radius 3 is 2.35 bits per heavy atom. The van der Waals surface area contributed by atoms with Gasteiger partial charge in [0.2, 0.25) is 0 Å². The predicted molar refractivity (Wildman–Crippen MR) is 66.6 cm³/mol. The van der Waals surface area contributed by atoms with Crippen LogP contribution in [-0.2, 0) is 0 Å². The van der Waals surface area contributed by atoms with Gasteiger partial charge in [-0.1, -0.05) is 11.6 Å². The van der Waals surface area contributed by atoms with E-state index in [1.807, 2.05) is 26.8 Å². The normalized spacial score (nSPS) is 10.6. The minimum Gasteiger partial charge on any atom is -0.207 e. The average Bonchev–Trinajstić information content (AvgIpc) is 2.24. The lowest BCUT2D eigenvalue weighted by molar-refractivity contribution is 0.627. The van der Waals surface area contributed by atoms with Crippen LogP contribution in [0.5, 0.6) is 0 Å². The molecular weight excluding hydrogens is 239 g/mol. The molecule has 1 heterocycles. The van der Waals surface area contributed by atoms with Gasteiger partial charge in [0.15, 0.2) is 5.15 Å². The van der Waals surface area contributed by atoms with Crippen LogP contribution in [0.15, 0.2) is 18.2 Å². The zero-order valence-corrected chi connectivity index (χ0v) is 10.6. The van der Waals surface area contributed by atoms with Gasteiger partial charge in [-0.25, -0.2) is 4.39 Å². The van der Waals surface area contributed by atoms with Crippen LogP contribution < -0.4 is 0 Å². The Kier molecular flexibility index (Phi) is 3.11. The second-order valence-corrected chi connectivity index (χ2v) is 4.46. The molecule has 0 bridgehead atoms. The quantitative estimate of drug-likeness (QED) is 0.768. The van der Waals surface area contributed by atoms with Crippen LogP contribution in [0.1, 0.15) is 16.7 Å². The highest BCUT2D eigenvalue weighted by molar-refractivity contribution is 6.30. The van der Waals surface area contributed by atoms with Gasteiger partial charge in [-0.15, -0.1) is 10.2 Å². The van der Waals surface area contributed by atoms with Gasteiger partial charge in [0.05, 0.1) is 5.69 Å². The van der Waals surface area contributed by atoms with E-state index in [2.05, 4.69) is 10.2 Å². The van der Waals surface area contributed by atoms with E-state index < -0.39 is 0 Å². The fraction of sp³-hybridized carbons (Fsp3) is 0.231. The highest BCUT2D eigenvalue weighted by atomic mass is 35.5. The number of aryl methyl sites for hydroxylation is 1. The van der Waals surface area contributed by atoms with Crippen LogP contribution in [0.4, 0.5) is 4.39 Å². The molecule has 0 spiro atoms. The van der Waals surface area contributed by atoms with Crippen LogP contribution in [0, 0.1) is 26.6 Å². The van der Waals surface area contributed by atoms with E-state index in [-0.39, 0.29) is 5.82 Å². The molecule has 2 rings (SSSR count). The Morgan fingerprint density at radius 2 is 1.71 bits per heavy atom. The highest BCUT2D eigenvalue weighted by Crippen LogP contribution is 2.26. The molecule has 2 aromatic rings. The van der Waals surface area contributed by atoms with Gasteiger partial charge in [-0.05, 0) is 55.7 Å². The number of halogens is 2. The van der Waals surface area contributed by atoms with Crippen molar-refractivity contribution in [2.75, 3.05) is 0 Å². The largest absolute Gasteiger partial charge is 0.207 e. The molecule has 1 aromatic carbocycles. The Morgan fingerprint density at radius 1 is 1.00 bits per heavy atom. The first kappa shape index (κ1) is 12.0. The molecule has 0 amide bonds. The Hall–Kier alpha value is -1.48. The summed E-state index contributed by atoms with van der Waals surface area (Å²) >= 11 is 5.89. The minimum absolute atomic E-state index is 0.270. The van der Waals surface area contributed by atoms with E-state index >= 15 is 0 Å². The van der Waals surface area contributed by atoms with Crippen molar-refractivity contribution in [2.45, 2.75) is 20.8 Å². The summed E-state index contributed by atoms with van der Waals surface area (Å²) in [6.45, 7) is 5.63. The van der Waals surface area contributed by atoms with Gasteiger partial charge >= 0.3 is 0 Å². The fourth-order valence-electron chi connectivity index (χ4n) is 1.72. The molecular formula is C13H12ClFN2. The van der Waals surface area contributed by atoms with Gasteiger partial charge in [-0.3, -0.25) is 0 Å². The summed E-state index contributed by atoms with van der Waals surface area (Å²) in [5.41, 5.74) is 4.06. The molecule has 2 nitrogen and oxygen atoms in total. The van der Waals surface area contributed by atoms with Crippen molar-refractivity contribution >= 4 is 11.6 Å². The van der Waals surface area contributed by atoms with Gasteiger partial charge in [0, 0.05) is 5.56 Å². The first-order chi connectivity index (χ1) is 7.99. The average molecular weight is 251 g/mol. The summed E-state index contributed by atoms with van der Waals surface area (Å²) in [6, 6.07) is 4.82. The topological polar surface area (TPSA) is 25.8 Å². The number of nitrogens with zero attached hydrogens (tertiary/aromatic N) is 2. The van der Waals surface area contributed by atoms with Crippen LogP contribution >= 0.6 is 11.6 Å². The van der Waals surface area contributed by atoms with Gasteiger partial charge in [0.1, 0.15) is 5.82 Å². The van der Waals surface area contributed by atoms with E-state index in [0.29, 0.717) is 10.8 Å². The van der Waals surface area contributed by atoms with Crippen LogP contribution in [0.25, 0.3) is 11.3 Å². The van der Waals surface area contributed by atoms with Crippen molar-refractivity contribution in [3.05, 3.63) is 45.9 Å². The lowest BCUT2D eigenvalue weighted by Gasteiger charge is -2.08. The van der Waals surface area contributed by atoms with Crippen molar-refractivity contribution in [3.8, 4) is 11.3 Å². The molecule has 0 aliphatic rings. The number of hydrogen-bond donors (Lipinski definition) is 0. The van der Waals surface area contributed by atoms with Crippen LogP contribution in [0.3, 0.4) is 0 Å². The molecule has 0 aliphatic carbocycles. The van der Waals surface area contributed by atoms with Crippen molar-refractivity contribution in [1.29, 1.82) is 0 Å². The van der Waals surface area contributed by atoms with Gasteiger partial charge < -0.3 is 0 Å². The molecule has 4 heteroatoms. The molecule has 17 heavy (non-hydrogen) atoms. The van der Waals surface area contributed by atoms with Gasteiger partial charge in [-0.2, -0.15) is 0 Å². The SMILES string of the molecule is Cc1cc(F)cc(-c2nnc(Cl)c(C)c2C)c1. The van der Waals surface area contributed by atoms with Gasteiger partial charge in [0.25, 0.3) is 0 Å². The zero-order chi connectivity index (χ0) is 12.6. The molecule has 0 N–H and O–H groups in total. The smallest absolute Gasteiger partial charge is 0.154 e. The molecule has 1 aromatic heterocycles. The third-order valence-corrected chi connectivity index (χ3v) is 3.14. The first-order valence-corrected chi connectivity index (χ1v) is 5.64. The molecule has 0 atom stereocenters. The minimum atomic E-state index is -0.270. The predicted octanol–water partition coefficient (Wildman–Crippen LogP) is 3.86. The number of hydrogen-bond acceptors (Lipinski definition) is 2. The third kappa shape index (κ3) is 2.29. The first-order valence-electron chi connectivity index (χ1n) is 5.26. The number of benzene rings is 1. The van der Waals surface area contributed by atoms with Crippen molar-refractivity contribution in [2.24, 2.45) is 0 Å². The second kappa shape index (κ2) is 4.41. The lowest BCUT2D eigenvalue weighted by atomic mass is 10.0.